The van der Waals surface area contributed by atoms with Crippen molar-refractivity contribution >= 4 is 12.0 Å². The van der Waals surface area contributed by atoms with Crippen molar-refractivity contribution in [2.75, 3.05) is 27.3 Å². The summed E-state index contributed by atoms with van der Waals surface area (Å²) in [5.74, 6) is 0.410. The van der Waals surface area contributed by atoms with E-state index in [1.165, 1.54) is 11.0 Å². The first-order chi connectivity index (χ1) is 9.54. The van der Waals surface area contributed by atoms with Crippen molar-refractivity contribution in [2.45, 2.75) is 19.9 Å². The summed E-state index contributed by atoms with van der Waals surface area (Å²) in [5, 5.41) is 0. The average Bonchev–Trinajstić information content (AvgIpc) is 2.45. The number of benzene rings is 1. The van der Waals surface area contributed by atoms with E-state index in [4.69, 9.17) is 9.47 Å². The highest BCUT2D eigenvalue weighted by Crippen LogP contribution is 2.18. The maximum Gasteiger partial charge on any atom is 0.330 e. The number of methoxy groups -OCH3 is 1. The molecule has 0 saturated heterocycles. The van der Waals surface area contributed by atoms with Gasteiger partial charge in [0.15, 0.2) is 0 Å². The van der Waals surface area contributed by atoms with E-state index in [0.717, 1.165) is 17.9 Å². The predicted octanol–water partition coefficient (Wildman–Crippen LogP) is 1.17. The van der Waals surface area contributed by atoms with Gasteiger partial charge in [-0.05, 0) is 26.0 Å². The molecule has 4 heteroatoms. The summed E-state index contributed by atoms with van der Waals surface area (Å²) in [5.41, 5.74) is 0.858. The quantitative estimate of drug-likeness (QED) is 0.601. The van der Waals surface area contributed by atoms with Crippen LogP contribution in [0.25, 0.3) is 6.08 Å². The fourth-order valence-corrected chi connectivity index (χ4v) is 1.61. The zero-order valence-corrected chi connectivity index (χ0v) is 12.7. The van der Waals surface area contributed by atoms with Crippen LogP contribution in [0, 0.1) is 0 Å². The molecular weight excluding hydrogens is 254 g/mol. The number of rotatable bonds is 7. The third-order valence-corrected chi connectivity index (χ3v) is 3.26. The molecule has 1 rings (SSSR count). The minimum Gasteiger partial charge on any atom is -0.496 e. The molecule has 0 heterocycles. The van der Waals surface area contributed by atoms with Gasteiger partial charge < -0.3 is 14.4 Å². The monoisotopic (exact) mass is 278 g/mol. The van der Waals surface area contributed by atoms with Gasteiger partial charge in [0.1, 0.15) is 18.9 Å². The van der Waals surface area contributed by atoms with Crippen molar-refractivity contribution in [1.82, 2.24) is 0 Å². The molecule has 1 aromatic carbocycles. The molecule has 0 saturated carbocycles. The van der Waals surface area contributed by atoms with E-state index >= 15 is 0 Å². The van der Waals surface area contributed by atoms with Gasteiger partial charge in [0.25, 0.3) is 0 Å². The van der Waals surface area contributed by atoms with E-state index in [1.54, 1.807) is 13.2 Å². The molecular formula is C16H24NO3+. The molecule has 20 heavy (non-hydrogen) atoms. The summed E-state index contributed by atoms with van der Waals surface area (Å²) in [4.78, 5) is 12.9. The Balaban J connectivity index is 2.44. The normalized spacial score (nSPS) is 12.7. The molecule has 1 atom stereocenters. The molecule has 1 aromatic rings. The predicted molar refractivity (Wildman–Crippen MR) is 79.9 cm³/mol. The van der Waals surface area contributed by atoms with Crippen LogP contribution < -0.4 is 9.64 Å². The summed E-state index contributed by atoms with van der Waals surface area (Å²) >= 11 is 0. The lowest BCUT2D eigenvalue weighted by Crippen LogP contribution is -3.12. The lowest BCUT2D eigenvalue weighted by atomic mass is 10.2. The number of likely N-dealkylation sites (N-methyl/N-ethyl adjacent to an activating group) is 1. The highest BCUT2D eigenvalue weighted by Gasteiger charge is 2.07. The number of quaternary nitrogens is 1. The van der Waals surface area contributed by atoms with Crippen LogP contribution >= 0.6 is 0 Å². The Morgan fingerprint density at radius 2 is 2.05 bits per heavy atom. The van der Waals surface area contributed by atoms with Crippen LogP contribution in [0.1, 0.15) is 19.4 Å². The second-order valence-electron chi connectivity index (χ2n) is 4.99. The Morgan fingerprint density at radius 3 is 2.70 bits per heavy atom. The van der Waals surface area contributed by atoms with Crippen LogP contribution in [-0.2, 0) is 9.53 Å². The van der Waals surface area contributed by atoms with Crippen LogP contribution in [0.3, 0.4) is 0 Å². The minimum atomic E-state index is -0.326. The summed E-state index contributed by atoms with van der Waals surface area (Å²) in [6.45, 7) is 5.52. The number of carbonyl (C=O) groups is 1. The van der Waals surface area contributed by atoms with Gasteiger partial charge in [-0.1, -0.05) is 18.2 Å². The Kier molecular flexibility index (Phi) is 6.81. The number of carbonyl (C=O) groups excluding carboxylic acids is 1. The van der Waals surface area contributed by atoms with Crippen molar-refractivity contribution in [3.05, 3.63) is 35.9 Å². The van der Waals surface area contributed by atoms with Gasteiger partial charge in [-0.3, -0.25) is 0 Å². The van der Waals surface area contributed by atoms with Crippen LogP contribution in [-0.4, -0.2) is 39.3 Å². The Labute approximate surface area is 121 Å². The van der Waals surface area contributed by atoms with Gasteiger partial charge in [0.05, 0.1) is 20.2 Å². The lowest BCUT2D eigenvalue weighted by molar-refractivity contribution is -0.901. The first kappa shape index (κ1) is 16.2. The van der Waals surface area contributed by atoms with Gasteiger partial charge >= 0.3 is 5.97 Å². The van der Waals surface area contributed by atoms with Gasteiger partial charge in [-0.25, -0.2) is 4.79 Å². The molecule has 0 aromatic heterocycles. The molecule has 4 nitrogen and oxygen atoms in total. The standard InChI is InChI=1S/C16H23NO3/c1-13(2)17(3)11-12-20-16(18)10-9-14-7-5-6-8-15(14)19-4/h5-10,13H,11-12H2,1-4H3/p+1/b10-9+. The summed E-state index contributed by atoms with van der Waals surface area (Å²) in [6, 6.07) is 8.05. The van der Waals surface area contributed by atoms with E-state index < -0.39 is 0 Å². The zero-order valence-electron chi connectivity index (χ0n) is 12.7. The molecule has 0 spiro atoms. The van der Waals surface area contributed by atoms with E-state index in [2.05, 4.69) is 20.9 Å². The van der Waals surface area contributed by atoms with Gasteiger partial charge in [0.2, 0.25) is 0 Å². The summed E-state index contributed by atoms with van der Waals surface area (Å²) in [6.07, 6.45) is 3.14. The van der Waals surface area contributed by atoms with E-state index in [9.17, 15) is 4.79 Å². The van der Waals surface area contributed by atoms with Crippen molar-refractivity contribution in [3.63, 3.8) is 0 Å². The second kappa shape index (κ2) is 8.38. The molecule has 0 aliphatic carbocycles. The largest absolute Gasteiger partial charge is 0.496 e. The summed E-state index contributed by atoms with van der Waals surface area (Å²) < 4.78 is 10.4. The zero-order chi connectivity index (χ0) is 15.0. The average molecular weight is 278 g/mol. The van der Waals surface area contributed by atoms with Crippen LogP contribution in [0.15, 0.2) is 30.3 Å². The minimum absolute atomic E-state index is 0.326. The van der Waals surface area contributed by atoms with E-state index in [1.807, 2.05) is 24.3 Å². The third kappa shape index (κ3) is 5.45. The Bertz CT molecular complexity index is 455. The summed E-state index contributed by atoms with van der Waals surface area (Å²) in [7, 11) is 3.69. The van der Waals surface area contributed by atoms with Crippen LogP contribution in [0.2, 0.25) is 0 Å². The van der Waals surface area contributed by atoms with Crippen molar-refractivity contribution in [3.8, 4) is 5.75 Å². The Hall–Kier alpha value is -1.81. The van der Waals surface area contributed by atoms with Crippen molar-refractivity contribution in [2.24, 2.45) is 0 Å². The maximum atomic E-state index is 11.6. The number of nitrogens with one attached hydrogen (secondary N) is 1. The second-order valence-corrected chi connectivity index (χ2v) is 4.99. The fourth-order valence-electron chi connectivity index (χ4n) is 1.61. The Morgan fingerprint density at radius 1 is 1.35 bits per heavy atom. The van der Waals surface area contributed by atoms with Crippen LogP contribution in [0.4, 0.5) is 0 Å². The molecule has 0 radical (unpaired) electrons. The molecule has 0 bridgehead atoms. The first-order valence-electron chi connectivity index (χ1n) is 6.84. The molecule has 0 aliphatic heterocycles. The number of hydrogen-bond acceptors (Lipinski definition) is 3. The van der Waals surface area contributed by atoms with Gasteiger partial charge in [-0.2, -0.15) is 0 Å². The van der Waals surface area contributed by atoms with Crippen LogP contribution in [0.5, 0.6) is 5.75 Å². The molecule has 0 aliphatic rings. The SMILES string of the molecule is COc1ccccc1/C=C/C(=O)OCC[NH+](C)C(C)C. The third-order valence-electron chi connectivity index (χ3n) is 3.26. The molecule has 0 fully saturated rings. The number of para-hydroxylation sites is 1. The highest BCUT2D eigenvalue weighted by molar-refractivity contribution is 5.87. The van der Waals surface area contributed by atoms with Gasteiger partial charge in [0, 0.05) is 11.6 Å². The van der Waals surface area contributed by atoms with Crippen molar-refractivity contribution in [1.29, 1.82) is 0 Å². The topological polar surface area (TPSA) is 40.0 Å². The van der Waals surface area contributed by atoms with E-state index in [0.29, 0.717) is 12.6 Å². The number of esters is 1. The fraction of sp³-hybridized carbons (Fsp3) is 0.438. The molecule has 110 valence electrons. The smallest absolute Gasteiger partial charge is 0.330 e. The molecule has 1 unspecified atom stereocenters. The van der Waals surface area contributed by atoms with E-state index in [-0.39, 0.29) is 5.97 Å². The number of hydrogen-bond donors (Lipinski definition) is 1. The van der Waals surface area contributed by atoms with Gasteiger partial charge in [-0.15, -0.1) is 0 Å². The van der Waals surface area contributed by atoms with Crippen molar-refractivity contribution < 1.29 is 19.2 Å². The number of ether oxygens (including phenoxy) is 2. The first-order valence-corrected chi connectivity index (χ1v) is 6.84. The molecule has 0 amide bonds. The lowest BCUT2D eigenvalue weighted by Gasteiger charge is -2.17. The molecule has 1 N–H and O–H groups in total. The highest BCUT2D eigenvalue weighted by atomic mass is 16.5. The maximum absolute atomic E-state index is 11.6.